The van der Waals surface area contributed by atoms with E-state index >= 15 is 0 Å². The lowest BCUT2D eigenvalue weighted by Gasteiger charge is -2.35. The van der Waals surface area contributed by atoms with E-state index in [1.54, 1.807) is 6.92 Å². The maximum Gasteiger partial charge on any atom is 0.145 e. The molecule has 0 N–H and O–H groups in total. The minimum absolute atomic E-state index is 0.307. The van der Waals surface area contributed by atoms with E-state index in [1.165, 1.54) is 0 Å². The molecule has 1 rings (SSSR count). The van der Waals surface area contributed by atoms with Gasteiger partial charge in [-0.05, 0) is 50.0 Å². The minimum atomic E-state index is -0.383. The van der Waals surface area contributed by atoms with Crippen LogP contribution in [0.1, 0.15) is 59.3 Å². The SMILES string of the molecule is C[C](CCC=O)C1(C)C(=O)CCC1CC/C=C(\C)C=O. The van der Waals surface area contributed by atoms with Crippen molar-refractivity contribution in [1.82, 2.24) is 0 Å². The molecule has 0 saturated heterocycles. The summed E-state index contributed by atoms with van der Waals surface area (Å²) < 4.78 is 0. The number of aldehydes is 2. The fourth-order valence-corrected chi connectivity index (χ4v) is 3.20. The quantitative estimate of drug-likeness (QED) is 0.504. The summed E-state index contributed by atoms with van der Waals surface area (Å²) in [5, 5.41) is 0. The number of carbonyl (C=O) groups excluding carboxylic acids is 3. The molecule has 0 aliphatic heterocycles. The van der Waals surface area contributed by atoms with Crippen LogP contribution >= 0.6 is 0 Å². The number of ketones is 1. The summed E-state index contributed by atoms with van der Waals surface area (Å²) in [5.74, 6) is 1.77. The molecule has 2 unspecified atom stereocenters. The Bertz CT molecular complexity index is 397. The van der Waals surface area contributed by atoms with Gasteiger partial charge in [-0.1, -0.05) is 19.9 Å². The van der Waals surface area contributed by atoms with Crippen LogP contribution in [-0.2, 0) is 14.4 Å². The normalized spacial score (nSPS) is 27.1. The predicted octanol–water partition coefficient (Wildman–Crippen LogP) is 3.47. The van der Waals surface area contributed by atoms with E-state index in [4.69, 9.17) is 0 Å². The van der Waals surface area contributed by atoms with E-state index in [2.05, 4.69) is 0 Å². The monoisotopic (exact) mass is 277 g/mol. The van der Waals surface area contributed by atoms with Crippen LogP contribution in [0, 0.1) is 17.3 Å². The van der Waals surface area contributed by atoms with Crippen molar-refractivity contribution in [2.24, 2.45) is 11.3 Å². The first-order valence-electron chi connectivity index (χ1n) is 7.38. The zero-order chi connectivity index (χ0) is 15.2. The van der Waals surface area contributed by atoms with E-state index in [1.807, 2.05) is 19.9 Å². The molecule has 0 heterocycles. The van der Waals surface area contributed by atoms with E-state index in [0.717, 1.165) is 43.3 Å². The van der Waals surface area contributed by atoms with Gasteiger partial charge in [-0.2, -0.15) is 0 Å². The summed E-state index contributed by atoms with van der Waals surface area (Å²) in [7, 11) is 0. The molecule has 2 atom stereocenters. The number of hydrogen-bond acceptors (Lipinski definition) is 3. The van der Waals surface area contributed by atoms with Crippen LogP contribution < -0.4 is 0 Å². The molecule has 1 fully saturated rings. The Labute approximate surface area is 121 Å². The fourth-order valence-electron chi connectivity index (χ4n) is 3.20. The Hall–Kier alpha value is -1.25. The summed E-state index contributed by atoms with van der Waals surface area (Å²) in [6.45, 7) is 5.84. The predicted molar refractivity (Wildman–Crippen MR) is 79.1 cm³/mol. The van der Waals surface area contributed by atoms with Gasteiger partial charge in [0.15, 0.2) is 0 Å². The van der Waals surface area contributed by atoms with Gasteiger partial charge in [-0.3, -0.25) is 9.59 Å². The first-order chi connectivity index (χ1) is 9.46. The summed E-state index contributed by atoms with van der Waals surface area (Å²) in [6.07, 6.45) is 8.22. The van der Waals surface area contributed by atoms with Crippen molar-refractivity contribution in [1.29, 1.82) is 0 Å². The highest BCUT2D eigenvalue weighted by molar-refractivity contribution is 5.89. The number of Topliss-reactive ketones (excluding diaryl/α,β-unsaturated/α-hetero) is 1. The molecule has 0 aromatic heterocycles. The van der Waals surface area contributed by atoms with Gasteiger partial charge in [0.2, 0.25) is 0 Å². The van der Waals surface area contributed by atoms with Gasteiger partial charge in [-0.15, -0.1) is 0 Å². The van der Waals surface area contributed by atoms with Crippen LogP contribution in [0.2, 0.25) is 0 Å². The lowest BCUT2D eigenvalue weighted by Crippen LogP contribution is -2.34. The second kappa shape index (κ2) is 7.51. The van der Waals surface area contributed by atoms with Gasteiger partial charge >= 0.3 is 0 Å². The second-order valence-corrected chi connectivity index (χ2v) is 5.99. The minimum Gasteiger partial charge on any atom is -0.303 e. The van der Waals surface area contributed by atoms with E-state index < -0.39 is 0 Å². The van der Waals surface area contributed by atoms with Crippen molar-refractivity contribution in [3.8, 4) is 0 Å². The first-order valence-corrected chi connectivity index (χ1v) is 7.38. The molecule has 1 aliphatic carbocycles. The molecule has 3 nitrogen and oxygen atoms in total. The molecule has 1 radical (unpaired) electrons. The number of allylic oxidation sites excluding steroid dienone is 2. The number of hydrogen-bond donors (Lipinski definition) is 0. The maximum absolute atomic E-state index is 12.3. The summed E-state index contributed by atoms with van der Waals surface area (Å²) in [4.78, 5) is 33.4. The Morgan fingerprint density at radius 2 is 2.00 bits per heavy atom. The summed E-state index contributed by atoms with van der Waals surface area (Å²) in [6, 6.07) is 0. The van der Waals surface area contributed by atoms with Gasteiger partial charge in [0.1, 0.15) is 18.4 Å². The van der Waals surface area contributed by atoms with Crippen LogP contribution in [0.5, 0.6) is 0 Å². The van der Waals surface area contributed by atoms with Crippen molar-refractivity contribution in [3.05, 3.63) is 17.6 Å². The molecular formula is C17H25O3. The molecule has 0 spiro atoms. The van der Waals surface area contributed by atoms with Crippen molar-refractivity contribution < 1.29 is 14.4 Å². The zero-order valence-electron chi connectivity index (χ0n) is 12.8. The molecule has 111 valence electrons. The van der Waals surface area contributed by atoms with Crippen molar-refractivity contribution in [2.45, 2.75) is 59.3 Å². The van der Waals surface area contributed by atoms with Gasteiger partial charge in [-0.25, -0.2) is 0 Å². The first kappa shape index (κ1) is 16.8. The highest BCUT2D eigenvalue weighted by atomic mass is 16.1. The van der Waals surface area contributed by atoms with Crippen LogP contribution in [0.3, 0.4) is 0 Å². The molecule has 0 bridgehead atoms. The number of carbonyl (C=O) groups is 3. The Morgan fingerprint density at radius 3 is 2.60 bits per heavy atom. The van der Waals surface area contributed by atoms with Gasteiger partial charge < -0.3 is 4.79 Å². The van der Waals surface area contributed by atoms with Crippen molar-refractivity contribution >= 4 is 18.4 Å². The third-order valence-electron chi connectivity index (χ3n) is 4.81. The lowest BCUT2D eigenvalue weighted by molar-refractivity contribution is -0.125. The largest absolute Gasteiger partial charge is 0.303 e. The average molecular weight is 277 g/mol. The Morgan fingerprint density at radius 1 is 1.30 bits per heavy atom. The van der Waals surface area contributed by atoms with Crippen LogP contribution in [0.25, 0.3) is 0 Å². The van der Waals surface area contributed by atoms with E-state index in [9.17, 15) is 14.4 Å². The third-order valence-corrected chi connectivity index (χ3v) is 4.81. The van der Waals surface area contributed by atoms with Gasteiger partial charge in [0.25, 0.3) is 0 Å². The maximum atomic E-state index is 12.3. The van der Waals surface area contributed by atoms with E-state index in [0.29, 0.717) is 31.0 Å². The fraction of sp³-hybridized carbons (Fsp3) is 0.647. The topological polar surface area (TPSA) is 51.2 Å². The van der Waals surface area contributed by atoms with Gasteiger partial charge in [0.05, 0.1) is 0 Å². The molecular weight excluding hydrogens is 252 g/mol. The molecule has 1 saturated carbocycles. The molecule has 3 heteroatoms. The number of rotatable bonds is 8. The molecule has 1 aliphatic rings. The summed E-state index contributed by atoms with van der Waals surface area (Å²) in [5.41, 5.74) is 0.365. The van der Waals surface area contributed by atoms with Crippen LogP contribution in [0.4, 0.5) is 0 Å². The van der Waals surface area contributed by atoms with Crippen LogP contribution in [-0.4, -0.2) is 18.4 Å². The molecule has 20 heavy (non-hydrogen) atoms. The summed E-state index contributed by atoms with van der Waals surface area (Å²) >= 11 is 0. The van der Waals surface area contributed by atoms with Crippen molar-refractivity contribution in [3.63, 3.8) is 0 Å². The lowest BCUT2D eigenvalue weighted by atomic mass is 9.67. The molecule has 0 aromatic carbocycles. The van der Waals surface area contributed by atoms with Gasteiger partial charge in [0, 0.05) is 18.3 Å². The van der Waals surface area contributed by atoms with E-state index in [-0.39, 0.29) is 5.41 Å². The Kier molecular flexibility index (Phi) is 6.31. The highest BCUT2D eigenvalue weighted by Crippen LogP contribution is 2.50. The standard InChI is InChI=1S/C17H25O3/c1-13(12-19)6-4-8-15-9-10-16(20)17(15,3)14(2)7-5-11-18/h6,11-12,15H,4-5,7-10H2,1-3H3/b13-6+. The van der Waals surface area contributed by atoms with Crippen molar-refractivity contribution in [2.75, 3.05) is 0 Å². The smallest absolute Gasteiger partial charge is 0.145 e. The second-order valence-electron chi connectivity index (χ2n) is 5.99. The average Bonchev–Trinajstić information content (AvgIpc) is 2.73. The molecule has 0 amide bonds. The molecule has 0 aromatic rings. The van der Waals surface area contributed by atoms with Crippen LogP contribution in [0.15, 0.2) is 11.6 Å². The Balaban J connectivity index is 2.71. The third kappa shape index (κ3) is 3.65. The zero-order valence-corrected chi connectivity index (χ0v) is 12.8. The highest BCUT2D eigenvalue weighted by Gasteiger charge is 2.48.